The fourth-order valence-corrected chi connectivity index (χ4v) is 1.52. The zero-order valence-electron chi connectivity index (χ0n) is 13.3. The minimum atomic E-state index is 0.00438. The van der Waals surface area contributed by atoms with E-state index in [2.05, 4.69) is 24.5 Å². The third-order valence-electron chi connectivity index (χ3n) is 2.84. The Morgan fingerprint density at radius 2 is 1.65 bits per heavy atom. The first-order valence-electron chi connectivity index (χ1n) is 7.54. The van der Waals surface area contributed by atoms with E-state index in [0.29, 0.717) is 38.6 Å². The summed E-state index contributed by atoms with van der Waals surface area (Å²) < 4.78 is 5.29. The lowest BCUT2D eigenvalue weighted by atomic mass is 10.1. The molecule has 0 aromatic heterocycles. The minimum Gasteiger partial charge on any atom is -0.380 e. The van der Waals surface area contributed by atoms with Crippen LogP contribution >= 0.6 is 0 Å². The van der Waals surface area contributed by atoms with E-state index >= 15 is 0 Å². The molecule has 0 saturated heterocycles. The highest BCUT2D eigenvalue weighted by Gasteiger charge is 2.06. The van der Waals surface area contributed by atoms with E-state index < -0.39 is 0 Å². The van der Waals surface area contributed by atoms with Crippen molar-refractivity contribution in [2.75, 3.05) is 26.3 Å². The van der Waals surface area contributed by atoms with Crippen molar-refractivity contribution in [1.82, 2.24) is 10.6 Å². The predicted molar refractivity (Wildman–Crippen MR) is 80.7 cm³/mol. The number of carbonyl (C=O) groups is 2. The third kappa shape index (κ3) is 12.1. The predicted octanol–water partition coefficient (Wildman–Crippen LogP) is 1.51. The van der Waals surface area contributed by atoms with Crippen LogP contribution in [0.15, 0.2) is 0 Å². The summed E-state index contributed by atoms with van der Waals surface area (Å²) in [7, 11) is 0. The van der Waals surface area contributed by atoms with Gasteiger partial charge in [-0.15, -0.1) is 0 Å². The summed E-state index contributed by atoms with van der Waals surface area (Å²) in [5.41, 5.74) is 0. The van der Waals surface area contributed by atoms with Gasteiger partial charge in [-0.1, -0.05) is 27.7 Å². The first kappa shape index (κ1) is 19.1. The Kier molecular flexibility index (Phi) is 11.3. The second-order valence-corrected chi connectivity index (χ2v) is 5.55. The largest absolute Gasteiger partial charge is 0.380 e. The van der Waals surface area contributed by atoms with E-state index in [1.165, 1.54) is 0 Å². The Bertz CT molecular complexity index is 278. The van der Waals surface area contributed by atoms with Crippen molar-refractivity contribution >= 4 is 11.7 Å². The van der Waals surface area contributed by atoms with Crippen LogP contribution in [0.1, 0.15) is 47.0 Å². The van der Waals surface area contributed by atoms with Crippen molar-refractivity contribution in [2.24, 2.45) is 5.92 Å². The third-order valence-corrected chi connectivity index (χ3v) is 2.84. The molecule has 0 fully saturated rings. The Morgan fingerprint density at radius 1 is 1.00 bits per heavy atom. The standard InChI is InChI=1S/C15H30N2O3/c1-12(2)14(18)6-10-20-11-7-15(19)17-9-5-8-16-13(3)4/h12-13,16H,5-11H2,1-4H3,(H,17,19). The Labute approximate surface area is 122 Å². The van der Waals surface area contributed by atoms with Gasteiger partial charge in [-0.3, -0.25) is 9.59 Å². The van der Waals surface area contributed by atoms with Gasteiger partial charge in [0, 0.05) is 31.3 Å². The summed E-state index contributed by atoms with van der Waals surface area (Å²) in [4.78, 5) is 22.8. The minimum absolute atomic E-state index is 0.00438. The number of ether oxygens (including phenoxy) is 1. The second kappa shape index (κ2) is 11.9. The molecule has 0 spiro atoms. The van der Waals surface area contributed by atoms with Crippen LogP contribution in [0.25, 0.3) is 0 Å². The average molecular weight is 286 g/mol. The smallest absolute Gasteiger partial charge is 0.222 e. The molecule has 118 valence electrons. The van der Waals surface area contributed by atoms with Crippen molar-refractivity contribution < 1.29 is 14.3 Å². The average Bonchev–Trinajstić information content (AvgIpc) is 2.37. The van der Waals surface area contributed by atoms with Crippen molar-refractivity contribution in [3.05, 3.63) is 0 Å². The highest BCUT2D eigenvalue weighted by molar-refractivity contribution is 5.80. The molecule has 0 aliphatic rings. The SMILES string of the molecule is CC(C)NCCCNC(=O)CCOCCC(=O)C(C)C. The van der Waals surface area contributed by atoms with E-state index in [4.69, 9.17) is 4.74 Å². The van der Waals surface area contributed by atoms with Crippen LogP contribution in [0, 0.1) is 5.92 Å². The monoisotopic (exact) mass is 286 g/mol. The van der Waals surface area contributed by atoms with E-state index in [-0.39, 0.29) is 17.6 Å². The molecule has 0 aliphatic heterocycles. The molecule has 0 heterocycles. The molecule has 0 aromatic rings. The summed E-state index contributed by atoms with van der Waals surface area (Å²) >= 11 is 0. The maximum Gasteiger partial charge on any atom is 0.222 e. The van der Waals surface area contributed by atoms with Crippen molar-refractivity contribution in [3.8, 4) is 0 Å². The van der Waals surface area contributed by atoms with Crippen LogP contribution in [0.4, 0.5) is 0 Å². The van der Waals surface area contributed by atoms with E-state index in [0.717, 1.165) is 13.0 Å². The number of ketones is 1. The highest BCUT2D eigenvalue weighted by atomic mass is 16.5. The van der Waals surface area contributed by atoms with Crippen molar-refractivity contribution in [3.63, 3.8) is 0 Å². The Morgan fingerprint density at radius 3 is 2.25 bits per heavy atom. The van der Waals surface area contributed by atoms with Gasteiger partial charge in [-0.25, -0.2) is 0 Å². The van der Waals surface area contributed by atoms with E-state index in [1.807, 2.05) is 13.8 Å². The van der Waals surface area contributed by atoms with Crippen LogP contribution in [0.2, 0.25) is 0 Å². The molecule has 0 saturated carbocycles. The summed E-state index contributed by atoms with van der Waals surface area (Å²) in [5.74, 6) is 0.262. The normalized spacial score (nSPS) is 11.1. The van der Waals surface area contributed by atoms with Crippen LogP contribution in [0.3, 0.4) is 0 Å². The van der Waals surface area contributed by atoms with Crippen molar-refractivity contribution in [2.45, 2.75) is 53.0 Å². The van der Waals surface area contributed by atoms with Gasteiger partial charge in [0.25, 0.3) is 0 Å². The molecule has 0 aliphatic carbocycles. The molecule has 5 heteroatoms. The van der Waals surface area contributed by atoms with Gasteiger partial charge in [0.2, 0.25) is 5.91 Å². The summed E-state index contributed by atoms with van der Waals surface area (Å²) in [6.07, 6.45) is 1.71. The number of nitrogens with one attached hydrogen (secondary N) is 2. The number of carbonyl (C=O) groups excluding carboxylic acids is 2. The van der Waals surface area contributed by atoms with Gasteiger partial charge in [0.1, 0.15) is 5.78 Å². The van der Waals surface area contributed by atoms with E-state index in [1.54, 1.807) is 0 Å². The molecule has 0 aromatic carbocycles. The van der Waals surface area contributed by atoms with Crippen LogP contribution in [-0.2, 0) is 14.3 Å². The van der Waals surface area contributed by atoms with Gasteiger partial charge >= 0.3 is 0 Å². The topological polar surface area (TPSA) is 67.4 Å². The van der Waals surface area contributed by atoms with Crippen LogP contribution < -0.4 is 10.6 Å². The Hall–Kier alpha value is -0.940. The molecule has 20 heavy (non-hydrogen) atoms. The molecule has 0 atom stereocenters. The number of hydrogen-bond acceptors (Lipinski definition) is 4. The molecule has 5 nitrogen and oxygen atoms in total. The second-order valence-electron chi connectivity index (χ2n) is 5.55. The summed E-state index contributed by atoms with van der Waals surface area (Å²) in [5, 5.41) is 6.14. The zero-order chi connectivity index (χ0) is 15.4. The number of Topliss-reactive ketones (excluding diaryl/α,β-unsaturated/α-hetero) is 1. The maximum atomic E-state index is 11.5. The lowest BCUT2D eigenvalue weighted by molar-refractivity contribution is -0.123. The molecule has 2 N–H and O–H groups in total. The molecule has 0 bridgehead atoms. The van der Waals surface area contributed by atoms with Gasteiger partial charge in [0.15, 0.2) is 0 Å². The van der Waals surface area contributed by atoms with Crippen molar-refractivity contribution in [1.29, 1.82) is 0 Å². The van der Waals surface area contributed by atoms with E-state index in [9.17, 15) is 9.59 Å². The maximum absolute atomic E-state index is 11.5. The quantitative estimate of drug-likeness (QED) is 0.534. The zero-order valence-corrected chi connectivity index (χ0v) is 13.3. The summed E-state index contributed by atoms with van der Waals surface area (Å²) in [6, 6.07) is 0.479. The van der Waals surface area contributed by atoms with Gasteiger partial charge in [-0.05, 0) is 13.0 Å². The number of rotatable bonds is 12. The lowest BCUT2D eigenvalue weighted by Gasteiger charge is -2.09. The van der Waals surface area contributed by atoms with Gasteiger partial charge in [-0.2, -0.15) is 0 Å². The molecule has 0 radical (unpaired) electrons. The summed E-state index contributed by atoms with van der Waals surface area (Å²) in [6.45, 7) is 10.3. The fraction of sp³-hybridized carbons (Fsp3) is 0.867. The first-order valence-corrected chi connectivity index (χ1v) is 7.54. The van der Waals surface area contributed by atoms with Gasteiger partial charge in [0.05, 0.1) is 13.2 Å². The molecular formula is C15H30N2O3. The lowest BCUT2D eigenvalue weighted by Crippen LogP contribution is -2.30. The molecular weight excluding hydrogens is 256 g/mol. The van der Waals surface area contributed by atoms with Crippen LogP contribution in [0.5, 0.6) is 0 Å². The highest BCUT2D eigenvalue weighted by Crippen LogP contribution is 1.98. The number of amides is 1. The molecule has 0 unspecified atom stereocenters. The van der Waals surface area contributed by atoms with Gasteiger partial charge < -0.3 is 15.4 Å². The number of hydrogen-bond donors (Lipinski definition) is 2. The molecule has 0 rings (SSSR count). The van der Waals surface area contributed by atoms with Crippen LogP contribution in [-0.4, -0.2) is 44.0 Å². The fourth-order valence-electron chi connectivity index (χ4n) is 1.52. The first-order chi connectivity index (χ1) is 9.43. The molecule has 1 amide bonds. The Balaban J connectivity index is 3.35.